The number of H-pyrrole nitrogens is 1. The molecule has 0 aliphatic rings. The van der Waals surface area contributed by atoms with Gasteiger partial charge in [-0.05, 0) is 26.8 Å². The molecule has 1 amide bonds. The first-order valence-electron chi connectivity index (χ1n) is 6.26. The van der Waals surface area contributed by atoms with Gasteiger partial charge in [0.25, 0.3) is 5.91 Å². The molecule has 0 aromatic carbocycles. The Bertz CT molecular complexity index is 556. The molecule has 19 heavy (non-hydrogen) atoms. The number of carbonyl (C=O) groups excluding carboxylic acids is 1. The normalized spacial score (nSPS) is 12.6. The number of nitrogens with two attached hydrogens (primary N) is 1. The summed E-state index contributed by atoms with van der Waals surface area (Å²) in [5.74, 6) is 0.568. The number of nitrogen functional groups attached to an aromatic ring is 1. The number of amides is 1. The molecule has 1 unspecified atom stereocenters. The van der Waals surface area contributed by atoms with Crippen molar-refractivity contribution in [3.63, 3.8) is 0 Å². The Morgan fingerprint density at radius 3 is 2.79 bits per heavy atom. The number of aromatic nitrogens is 3. The van der Waals surface area contributed by atoms with Crippen LogP contribution >= 0.6 is 0 Å². The van der Waals surface area contributed by atoms with Gasteiger partial charge in [0, 0.05) is 24.6 Å². The second-order valence-corrected chi connectivity index (χ2v) is 4.83. The van der Waals surface area contributed by atoms with Gasteiger partial charge in [0.1, 0.15) is 11.5 Å². The van der Waals surface area contributed by atoms with Crippen LogP contribution in [0.5, 0.6) is 0 Å². The van der Waals surface area contributed by atoms with E-state index in [0.29, 0.717) is 11.4 Å². The lowest BCUT2D eigenvalue weighted by molar-refractivity contribution is 0.0927. The second-order valence-electron chi connectivity index (χ2n) is 4.83. The van der Waals surface area contributed by atoms with E-state index in [0.717, 1.165) is 5.82 Å². The van der Waals surface area contributed by atoms with Crippen LogP contribution < -0.4 is 11.1 Å². The third-order valence-corrected chi connectivity index (χ3v) is 2.94. The molecule has 0 bridgehead atoms. The van der Waals surface area contributed by atoms with Gasteiger partial charge in [-0.15, -0.1) is 0 Å². The lowest BCUT2D eigenvalue weighted by Gasteiger charge is -2.15. The molecule has 0 fully saturated rings. The molecule has 6 heteroatoms. The van der Waals surface area contributed by atoms with Crippen LogP contribution in [-0.4, -0.2) is 20.4 Å². The molecular weight excluding hydrogens is 242 g/mol. The highest BCUT2D eigenvalue weighted by Crippen LogP contribution is 2.17. The van der Waals surface area contributed by atoms with Crippen LogP contribution in [-0.2, 0) is 0 Å². The van der Waals surface area contributed by atoms with E-state index < -0.39 is 0 Å². The van der Waals surface area contributed by atoms with E-state index in [2.05, 4.69) is 15.3 Å². The number of rotatable bonds is 4. The van der Waals surface area contributed by atoms with E-state index in [9.17, 15) is 4.79 Å². The van der Waals surface area contributed by atoms with E-state index in [-0.39, 0.29) is 18.0 Å². The average Bonchev–Trinajstić information content (AvgIpc) is 2.96. The largest absolute Gasteiger partial charge is 0.397 e. The van der Waals surface area contributed by atoms with Crippen LogP contribution in [0.2, 0.25) is 0 Å². The molecule has 6 nitrogen and oxygen atoms in total. The van der Waals surface area contributed by atoms with Crippen molar-refractivity contribution in [1.82, 2.24) is 19.9 Å². The van der Waals surface area contributed by atoms with Gasteiger partial charge in [0.05, 0.1) is 11.7 Å². The third kappa shape index (κ3) is 2.78. The van der Waals surface area contributed by atoms with Crippen molar-refractivity contribution in [1.29, 1.82) is 0 Å². The number of nitrogens with one attached hydrogen (secondary N) is 2. The zero-order valence-electron chi connectivity index (χ0n) is 11.3. The fourth-order valence-electron chi connectivity index (χ4n) is 1.96. The Morgan fingerprint density at radius 1 is 1.47 bits per heavy atom. The molecule has 0 radical (unpaired) electrons. The monoisotopic (exact) mass is 261 g/mol. The maximum atomic E-state index is 12.3. The Kier molecular flexibility index (Phi) is 3.59. The summed E-state index contributed by atoms with van der Waals surface area (Å²) in [5, 5.41) is 2.90. The van der Waals surface area contributed by atoms with E-state index in [4.69, 9.17) is 5.73 Å². The molecule has 2 rings (SSSR count). The Hall–Kier alpha value is -2.24. The molecule has 2 aromatic rings. The molecule has 1 atom stereocenters. The molecule has 0 saturated carbocycles. The number of anilines is 1. The van der Waals surface area contributed by atoms with E-state index in [1.807, 2.05) is 25.3 Å². The Balaban J connectivity index is 2.16. The number of hydrogen-bond donors (Lipinski definition) is 3. The van der Waals surface area contributed by atoms with Gasteiger partial charge in [-0.25, -0.2) is 4.98 Å². The number of hydrogen-bond acceptors (Lipinski definition) is 3. The maximum Gasteiger partial charge on any atom is 0.268 e. The van der Waals surface area contributed by atoms with Crippen molar-refractivity contribution in [2.75, 3.05) is 5.73 Å². The van der Waals surface area contributed by atoms with Crippen molar-refractivity contribution in [2.24, 2.45) is 0 Å². The first-order valence-corrected chi connectivity index (χ1v) is 6.26. The minimum Gasteiger partial charge on any atom is -0.397 e. The minimum absolute atomic E-state index is 0.158. The summed E-state index contributed by atoms with van der Waals surface area (Å²) in [6.07, 6.45) is 5.16. The van der Waals surface area contributed by atoms with Crippen molar-refractivity contribution in [3.8, 4) is 0 Å². The van der Waals surface area contributed by atoms with Gasteiger partial charge in [-0.3, -0.25) is 4.79 Å². The quantitative estimate of drug-likeness (QED) is 0.785. The molecule has 4 N–H and O–H groups in total. The van der Waals surface area contributed by atoms with Crippen LogP contribution in [0.15, 0.2) is 24.7 Å². The maximum absolute atomic E-state index is 12.3. The highest BCUT2D eigenvalue weighted by Gasteiger charge is 2.18. The lowest BCUT2D eigenvalue weighted by Crippen LogP contribution is -2.29. The van der Waals surface area contributed by atoms with Crippen LogP contribution in [0.3, 0.4) is 0 Å². The van der Waals surface area contributed by atoms with Crippen LogP contribution in [0.4, 0.5) is 5.69 Å². The molecule has 0 saturated heterocycles. The SMILES string of the molecule is CC(NC(=O)c1cc(N)cn1C(C)C)c1ncc[nH]1. The Morgan fingerprint density at radius 2 is 2.21 bits per heavy atom. The minimum atomic E-state index is -0.181. The number of nitrogens with zero attached hydrogens (tertiary/aromatic N) is 2. The van der Waals surface area contributed by atoms with E-state index >= 15 is 0 Å². The number of carbonyl (C=O) groups is 1. The first-order chi connectivity index (χ1) is 8.99. The summed E-state index contributed by atoms with van der Waals surface area (Å²) in [4.78, 5) is 19.4. The predicted molar refractivity (Wildman–Crippen MR) is 73.7 cm³/mol. The van der Waals surface area contributed by atoms with Gasteiger partial charge in [-0.2, -0.15) is 0 Å². The van der Waals surface area contributed by atoms with Crippen molar-refractivity contribution in [3.05, 3.63) is 36.2 Å². The summed E-state index contributed by atoms with van der Waals surface area (Å²) in [7, 11) is 0. The number of aromatic amines is 1. The smallest absolute Gasteiger partial charge is 0.268 e. The highest BCUT2D eigenvalue weighted by molar-refractivity contribution is 5.94. The highest BCUT2D eigenvalue weighted by atomic mass is 16.2. The molecule has 0 spiro atoms. The molecule has 2 heterocycles. The summed E-state index contributed by atoms with van der Waals surface area (Å²) >= 11 is 0. The first kappa shape index (κ1) is 13.2. The van der Waals surface area contributed by atoms with Gasteiger partial charge in [-0.1, -0.05) is 0 Å². The summed E-state index contributed by atoms with van der Waals surface area (Å²) in [5.41, 5.74) is 6.91. The van der Waals surface area contributed by atoms with Crippen LogP contribution in [0.25, 0.3) is 0 Å². The van der Waals surface area contributed by atoms with Crippen LogP contribution in [0.1, 0.15) is 49.2 Å². The zero-order valence-corrected chi connectivity index (χ0v) is 11.3. The topological polar surface area (TPSA) is 88.7 Å². The molecule has 102 valence electrons. The number of imidazole rings is 1. The molecule has 0 aliphatic carbocycles. The van der Waals surface area contributed by atoms with E-state index in [1.54, 1.807) is 24.7 Å². The third-order valence-electron chi connectivity index (χ3n) is 2.94. The van der Waals surface area contributed by atoms with Crippen molar-refractivity contribution >= 4 is 11.6 Å². The summed E-state index contributed by atoms with van der Waals surface area (Å²) in [6, 6.07) is 1.68. The van der Waals surface area contributed by atoms with Crippen LogP contribution in [0, 0.1) is 0 Å². The van der Waals surface area contributed by atoms with E-state index in [1.165, 1.54) is 0 Å². The fourth-order valence-corrected chi connectivity index (χ4v) is 1.96. The molecule has 0 aliphatic heterocycles. The molecular formula is C13H19N5O. The van der Waals surface area contributed by atoms with Gasteiger partial charge in [0.2, 0.25) is 0 Å². The zero-order chi connectivity index (χ0) is 14.0. The van der Waals surface area contributed by atoms with Gasteiger partial charge < -0.3 is 20.6 Å². The standard InChI is InChI=1S/C13H19N5O/c1-8(2)18-7-10(14)6-11(18)13(19)17-9(3)12-15-4-5-16-12/h4-9H,14H2,1-3H3,(H,15,16)(H,17,19). The summed E-state index contributed by atoms with van der Waals surface area (Å²) < 4.78 is 1.86. The predicted octanol–water partition coefficient (Wildman–Crippen LogP) is 1.87. The Labute approximate surface area is 112 Å². The van der Waals surface area contributed by atoms with Crippen molar-refractivity contribution in [2.45, 2.75) is 32.9 Å². The fraction of sp³-hybridized carbons (Fsp3) is 0.385. The average molecular weight is 261 g/mol. The van der Waals surface area contributed by atoms with Gasteiger partial charge >= 0.3 is 0 Å². The lowest BCUT2D eigenvalue weighted by atomic mass is 10.3. The second kappa shape index (κ2) is 5.17. The van der Waals surface area contributed by atoms with Gasteiger partial charge in [0.15, 0.2) is 0 Å². The molecule has 2 aromatic heterocycles. The van der Waals surface area contributed by atoms with Crippen molar-refractivity contribution < 1.29 is 4.79 Å². The summed E-state index contributed by atoms with van der Waals surface area (Å²) in [6.45, 7) is 5.89.